The molecule has 10 heteroatoms. The summed E-state index contributed by atoms with van der Waals surface area (Å²) in [6, 6.07) is 5.60. The van der Waals surface area contributed by atoms with Crippen molar-refractivity contribution >= 4 is 29.4 Å². The van der Waals surface area contributed by atoms with E-state index in [-0.39, 0.29) is 25.5 Å². The number of aliphatic imine (C=N–C) groups is 1. The van der Waals surface area contributed by atoms with Gasteiger partial charge in [-0.3, -0.25) is 19.4 Å². The zero-order valence-corrected chi connectivity index (χ0v) is 16.1. The number of terminal acetylenes is 1. The minimum Gasteiger partial charge on any atom is -0.466 e. The van der Waals surface area contributed by atoms with Crippen molar-refractivity contribution in [3.63, 3.8) is 0 Å². The number of nitrogens with zero attached hydrogens (tertiary/aromatic N) is 2. The Morgan fingerprint density at radius 3 is 2.76 bits per heavy atom. The van der Waals surface area contributed by atoms with Crippen LogP contribution in [0.25, 0.3) is 4.95 Å². The average Bonchev–Trinajstić information content (AvgIpc) is 2.71. The molecule has 0 unspecified atom stereocenters. The molecule has 0 fully saturated rings. The lowest BCUT2D eigenvalue weighted by molar-refractivity contribution is -0.143. The predicted molar refractivity (Wildman–Crippen MR) is 108 cm³/mol. The van der Waals surface area contributed by atoms with Gasteiger partial charge in [-0.25, -0.2) is 0 Å². The quantitative estimate of drug-likeness (QED) is 0.125. The first kappa shape index (κ1) is 23.0. The van der Waals surface area contributed by atoms with E-state index < -0.39 is 23.8 Å². The van der Waals surface area contributed by atoms with Gasteiger partial charge < -0.3 is 20.7 Å². The number of anilines is 1. The highest BCUT2D eigenvalue weighted by Gasteiger charge is 2.16. The zero-order chi connectivity index (χ0) is 21.6. The lowest BCUT2D eigenvalue weighted by atomic mass is 10.2. The minimum absolute atomic E-state index is 0.155. The Balaban J connectivity index is 2.60. The van der Waals surface area contributed by atoms with E-state index in [2.05, 4.69) is 37.2 Å². The number of esters is 1. The van der Waals surface area contributed by atoms with Gasteiger partial charge in [0.05, 0.1) is 19.6 Å². The molecule has 0 spiro atoms. The third kappa shape index (κ3) is 8.45. The molecule has 1 rings (SSSR count). The van der Waals surface area contributed by atoms with Gasteiger partial charge in [0.25, 0.3) is 11.9 Å². The molecule has 1 aromatic rings. The molecule has 0 saturated heterocycles. The Kier molecular flexibility index (Phi) is 9.80. The van der Waals surface area contributed by atoms with Crippen LogP contribution >= 0.6 is 0 Å². The fourth-order valence-corrected chi connectivity index (χ4v) is 2.11. The van der Waals surface area contributed by atoms with E-state index in [1.54, 1.807) is 25.1 Å². The number of guanidine groups is 1. The van der Waals surface area contributed by atoms with Crippen molar-refractivity contribution in [2.45, 2.75) is 19.4 Å². The lowest BCUT2D eigenvalue weighted by Crippen LogP contribution is -2.42. The maximum Gasteiger partial charge on any atom is 0.308 e. The van der Waals surface area contributed by atoms with Crippen molar-refractivity contribution < 1.29 is 19.1 Å². The van der Waals surface area contributed by atoms with Gasteiger partial charge in [-0.05, 0) is 25.1 Å². The summed E-state index contributed by atoms with van der Waals surface area (Å²) in [6.45, 7) is 8.34. The van der Waals surface area contributed by atoms with Crippen LogP contribution in [0.2, 0.25) is 0 Å². The van der Waals surface area contributed by atoms with Crippen molar-refractivity contribution in [2.24, 2.45) is 4.99 Å². The van der Waals surface area contributed by atoms with Crippen molar-refractivity contribution in [3.05, 3.63) is 41.4 Å². The summed E-state index contributed by atoms with van der Waals surface area (Å²) in [4.78, 5) is 42.5. The molecule has 4 N–H and O–H groups in total. The molecule has 1 aromatic carbocycles. The van der Waals surface area contributed by atoms with Crippen LogP contribution in [0.3, 0.4) is 0 Å². The number of ether oxygens (including phenoxy) is 1. The van der Waals surface area contributed by atoms with Gasteiger partial charge in [0, 0.05) is 18.3 Å². The zero-order valence-electron chi connectivity index (χ0n) is 16.1. The Hall–Kier alpha value is -4.05. The summed E-state index contributed by atoms with van der Waals surface area (Å²) in [6.07, 6.45) is 5.15. The van der Waals surface area contributed by atoms with Crippen LogP contribution in [0.4, 0.5) is 5.69 Å². The van der Waals surface area contributed by atoms with Gasteiger partial charge >= 0.3 is 5.97 Å². The van der Waals surface area contributed by atoms with Gasteiger partial charge in [-0.2, -0.15) is 11.5 Å². The number of hydrogen-bond acceptors (Lipinski definition) is 5. The summed E-state index contributed by atoms with van der Waals surface area (Å²) in [5, 5.41) is 7.79. The number of carbonyl (C=O) groups is 3. The second kappa shape index (κ2) is 12.4. The summed E-state index contributed by atoms with van der Waals surface area (Å²) in [5.41, 5.74) is 3.16. The van der Waals surface area contributed by atoms with Gasteiger partial charge in [-0.1, -0.05) is 17.4 Å². The number of amides is 2. The molecule has 0 radical (unpaired) electrons. The Labute approximate surface area is 168 Å². The third-order valence-electron chi connectivity index (χ3n) is 3.39. The van der Waals surface area contributed by atoms with E-state index in [0.717, 1.165) is 0 Å². The Bertz CT molecular complexity index is 853. The molecule has 0 bridgehead atoms. The van der Waals surface area contributed by atoms with Gasteiger partial charge in [0.15, 0.2) is 0 Å². The molecule has 0 aliphatic heterocycles. The van der Waals surface area contributed by atoms with Crippen molar-refractivity contribution in [1.82, 2.24) is 16.1 Å². The first-order chi connectivity index (χ1) is 13.9. The molecular weight excluding hydrogens is 376 g/mol. The largest absolute Gasteiger partial charge is 0.466 e. The number of carbonyl (C=O) groups excluding carboxylic acids is 3. The summed E-state index contributed by atoms with van der Waals surface area (Å²) < 4.78 is 4.78. The van der Waals surface area contributed by atoms with E-state index >= 15 is 0 Å². The third-order valence-corrected chi connectivity index (χ3v) is 3.39. The molecule has 0 heterocycles. The molecule has 2 amide bonds. The topological polar surface area (TPSA) is 125 Å². The Morgan fingerprint density at radius 2 is 2.14 bits per heavy atom. The van der Waals surface area contributed by atoms with Crippen molar-refractivity contribution in [3.8, 4) is 12.3 Å². The first-order valence-corrected chi connectivity index (χ1v) is 8.59. The highest BCUT2D eigenvalue weighted by atomic mass is 16.5. The fraction of sp³-hybridized carbons (Fsp3) is 0.316. The van der Waals surface area contributed by atoms with Gasteiger partial charge in [0.1, 0.15) is 6.04 Å². The van der Waals surface area contributed by atoms with Crippen LogP contribution in [-0.4, -0.2) is 50.0 Å². The number of benzene rings is 1. The molecule has 1 atom stereocenters. The van der Waals surface area contributed by atoms with Gasteiger partial charge in [0.2, 0.25) is 5.91 Å². The van der Waals surface area contributed by atoms with Crippen molar-refractivity contribution in [1.29, 1.82) is 0 Å². The maximum atomic E-state index is 12.3. The molecule has 29 heavy (non-hydrogen) atoms. The highest BCUT2D eigenvalue weighted by molar-refractivity contribution is 5.99. The average molecular weight is 398 g/mol. The second-order valence-electron chi connectivity index (χ2n) is 5.48. The minimum atomic E-state index is -0.826. The van der Waals surface area contributed by atoms with E-state index in [0.29, 0.717) is 11.3 Å². The predicted octanol–water partition coefficient (Wildman–Crippen LogP) is 0.309. The molecule has 152 valence electrons. The summed E-state index contributed by atoms with van der Waals surface area (Å²) in [7, 11) is 1.50. The maximum absolute atomic E-state index is 12.3. The number of nitrogens with one attached hydrogen (secondary N) is 4. The molecular formula is C19H22N6O4. The van der Waals surface area contributed by atoms with E-state index in [1.807, 2.05) is 0 Å². The highest BCUT2D eigenvalue weighted by Crippen LogP contribution is 2.10. The number of hydrogen-bond donors (Lipinski definition) is 4. The van der Waals surface area contributed by atoms with Crippen LogP contribution in [0, 0.1) is 18.9 Å². The summed E-state index contributed by atoms with van der Waals surface area (Å²) in [5.74, 6) is 0.964. The summed E-state index contributed by atoms with van der Waals surface area (Å²) >= 11 is 0. The lowest BCUT2D eigenvalue weighted by Gasteiger charge is -2.13. The number of rotatable bonds is 8. The standard InChI is InChI=1S/C19H22N6O4/c1-5-14(11-17(27)29-6-2)23-16(26)12-22-18(28)13-8-7-9-15(10-13)24-19(20-3)25-21-4/h1,7-10,14H,6,11-12H2,2-3H3,(H,22,28)(H,23,26)(H2,20,24,25)/t14-/m1/s1. The molecule has 0 saturated carbocycles. The normalized spacial score (nSPS) is 11.2. The smallest absolute Gasteiger partial charge is 0.308 e. The fourth-order valence-electron chi connectivity index (χ4n) is 2.11. The molecule has 0 aliphatic rings. The van der Waals surface area contributed by atoms with E-state index in [9.17, 15) is 14.4 Å². The van der Waals surface area contributed by atoms with E-state index in [4.69, 9.17) is 17.7 Å². The molecule has 0 aliphatic carbocycles. The SMILES string of the molecule is [C-]#[N+]NC(=NC)Nc1cccc(C(=O)NCC(=O)N[C@H](C#C)CC(=O)OCC)c1. The van der Waals surface area contributed by atoms with E-state index in [1.165, 1.54) is 13.1 Å². The van der Waals surface area contributed by atoms with Crippen LogP contribution in [0.1, 0.15) is 23.7 Å². The van der Waals surface area contributed by atoms with Gasteiger partial charge in [-0.15, -0.1) is 6.42 Å². The Morgan fingerprint density at radius 1 is 1.38 bits per heavy atom. The van der Waals surface area contributed by atoms with Crippen LogP contribution in [-0.2, 0) is 14.3 Å². The second-order valence-corrected chi connectivity index (χ2v) is 5.48. The monoisotopic (exact) mass is 398 g/mol. The molecule has 10 nitrogen and oxygen atoms in total. The van der Waals surface area contributed by atoms with Crippen LogP contribution in [0.15, 0.2) is 29.3 Å². The van der Waals surface area contributed by atoms with Crippen LogP contribution in [0.5, 0.6) is 0 Å². The van der Waals surface area contributed by atoms with Crippen LogP contribution < -0.4 is 21.4 Å². The molecule has 0 aromatic heterocycles. The van der Waals surface area contributed by atoms with Crippen molar-refractivity contribution in [2.75, 3.05) is 25.5 Å². The first-order valence-electron chi connectivity index (χ1n) is 8.59.